The number of hydrogen-bond acceptors (Lipinski definition) is 4. The Labute approximate surface area is 341 Å². The molecule has 0 radical (unpaired) electrons. The number of likely N-dealkylation sites (N-methyl/N-ethyl adjacent to an activating group) is 2. The molecule has 2 aromatic carbocycles. The van der Waals surface area contributed by atoms with Gasteiger partial charge in [0.2, 0.25) is 0 Å². The van der Waals surface area contributed by atoms with Gasteiger partial charge < -0.3 is 34.6 Å². The maximum Gasteiger partial charge on any atom is 1.00 e. The summed E-state index contributed by atoms with van der Waals surface area (Å²) in [5.41, 5.74) is 6.88. The van der Waals surface area contributed by atoms with Crippen molar-refractivity contribution in [1.82, 2.24) is 20.6 Å². The van der Waals surface area contributed by atoms with E-state index in [-0.39, 0.29) is 61.0 Å². The summed E-state index contributed by atoms with van der Waals surface area (Å²) in [5, 5.41) is 6.68. The SMILES string of the molecule is C.CNC1CCCCC1NC.Cc1cc(-c2ccccc2)ncc1Br.Cc1cc(-c2ccccc2)ncc1I.[Cu][I].[I-].[Na+]. The van der Waals surface area contributed by atoms with Gasteiger partial charge in [0.1, 0.15) is 0 Å². The molecule has 2 unspecified atom stereocenters. The molecule has 0 saturated heterocycles. The maximum absolute atomic E-state index is 4.40. The molecule has 4 aromatic rings. The number of nitrogens with zero attached hydrogens (tertiary/aromatic N) is 2. The van der Waals surface area contributed by atoms with Crippen LogP contribution in [0.3, 0.4) is 0 Å². The molecule has 1 aliphatic rings. The zero-order valence-electron chi connectivity index (χ0n) is 24.8. The molecule has 10 heteroatoms. The second kappa shape index (κ2) is 26.9. The standard InChI is InChI=1S/C12H10BrN.C12H10IN.C8H18N2.CH4.Cu.2HI.Na/c2*1-9-7-12(14-8-11(9)13)10-5-3-2-4-6-10;1-9-7-5-3-4-6-8(7)10-2;;;;;/h2*2-8H,1H3;7-10H,3-6H2,1-2H3;1H4;;2*1H;/q;;;;+1;;;+1/p-2. The number of halogens is 4. The largest absolute Gasteiger partial charge is 1.00 e. The molecule has 0 aliphatic heterocycles. The van der Waals surface area contributed by atoms with Gasteiger partial charge in [0.05, 0.1) is 11.4 Å². The van der Waals surface area contributed by atoms with Crippen LogP contribution in [0.25, 0.3) is 22.5 Å². The molecule has 4 nitrogen and oxygen atoms in total. The summed E-state index contributed by atoms with van der Waals surface area (Å²) in [5.74, 6) is 0. The summed E-state index contributed by atoms with van der Waals surface area (Å²) in [6.45, 7) is 4.17. The van der Waals surface area contributed by atoms with Crippen molar-refractivity contribution in [2.75, 3.05) is 14.1 Å². The number of pyridine rings is 2. The molecule has 2 N–H and O–H groups in total. The first-order valence-electron chi connectivity index (χ1n) is 13.2. The average molecular weight is 1040 g/mol. The van der Waals surface area contributed by atoms with Gasteiger partial charge in [-0.2, -0.15) is 0 Å². The van der Waals surface area contributed by atoms with Crippen molar-refractivity contribution >= 4 is 58.9 Å². The van der Waals surface area contributed by atoms with Gasteiger partial charge in [-0.1, -0.05) is 80.9 Å². The normalized spacial score (nSPS) is 14.7. The summed E-state index contributed by atoms with van der Waals surface area (Å²) in [7, 11) is 4.11. The number of benzene rings is 2. The van der Waals surface area contributed by atoms with Crippen molar-refractivity contribution in [3.63, 3.8) is 0 Å². The summed E-state index contributed by atoms with van der Waals surface area (Å²) < 4.78 is 2.26. The fourth-order valence-electron chi connectivity index (χ4n) is 4.43. The molecule has 2 atom stereocenters. The van der Waals surface area contributed by atoms with Crippen molar-refractivity contribution in [3.8, 4) is 22.5 Å². The Morgan fingerprint density at radius 2 is 1.14 bits per heavy atom. The van der Waals surface area contributed by atoms with Gasteiger partial charge in [-0.3, -0.25) is 9.97 Å². The predicted molar refractivity (Wildman–Crippen MR) is 194 cm³/mol. The Hall–Kier alpha value is 0.849. The van der Waals surface area contributed by atoms with E-state index >= 15 is 0 Å². The van der Waals surface area contributed by atoms with E-state index in [1.54, 1.807) is 20.3 Å². The maximum atomic E-state index is 4.40. The second-order valence-electron chi connectivity index (χ2n) is 9.44. The Bertz CT molecular complexity index is 1170. The van der Waals surface area contributed by atoms with Crippen LogP contribution in [0.2, 0.25) is 0 Å². The molecule has 1 fully saturated rings. The monoisotopic (exact) mass is 1040 g/mol. The van der Waals surface area contributed by atoms with Gasteiger partial charge in [-0.05, 0) is 103 Å². The summed E-state index contributed by atoms with van der Waals surface area (Å²) in [6, 6.07) is 26.0. The van der Waals surface area contributed by atoms with Gasteiger partial charge in [0.25, 0.3) is 0 Å². The zero-order valence-corrected chi connectivity index (χ0v) is 35.8. The fraction of sp³-hybridized carbons (Fsp3) is 0.333. The predicted octanol–water partition coefficient (Wildman–Crippen LogP) is 3.74. The summed E-state index contributed by atoms with van der Waals surface area (Å²) in [6.07, 6.45) is 9.22. The fourth-order valence-corrected chi connectivity index (χ4v) is 4.95. The van der Waals surface area contributed by atoms with Gasteiger partial charge in [0, 0.05) is 43.6 Å². The van der Waals surface area contributed by atoms with Gasteiger partial charge >= 0.3 is 62.7 Å². The minimum Gasteiger partial charge on any atom is -1.00 e. The van der Waals surface area contributed by atoms with Crippen molar-refractivity contribution in [2.24, 2.45) is 0 Å². The third kappa shape index (κ3) is 16.5. The molecule has 2 heterocycles. The third-order valence-electron chi connectivity index (χ3n) is 6.74. The summed E-state index contributed by atoms with van der Waals surface area (Å²) in [4.78, 5) is 8.76. The van der Waals surface area contributed by atoms with Crippen molar-refractivity contribution < 1.29 is 66.3 Å². The molecule has 0 bridgehead atoms. The quantitative estimate of drug-likeness (QED) is 0.242. The summed E-state index contributed by atoms with van der Waals surface area (Å²) >= 11 is 11.6. The number of rotatable bonds is 4. The van der Waals surface area contributed by atoms with E-state index in [0.717, 1.165) is 21.4 Å². The molecule has 1 saturated carbocycles. The van der Waals surface area contributed by atoms with E-state index < -0.39 is 0 Å². The van der Waals surface area contributed by atoms with Crippen LogP contribution < -0.4 is 64.2 Å². The molecule has 1 aliphatic carbocycles. The molecular weight excluding hydrogens is 1000 g/mol. The molecule has 234 valence electrons. The van der Waals surface area contributed by atoms with E-state index in [2.05, 4.69) is 136 Å². The van der Waals surface area contributed by atoms with Crippen molar-refractivity contribution in [1.29, 1.82) is 0 Å². The van der Waals surface area contributed by atoms with Gasteiger partial charge in [-0.25, -0.2) is 0 Å². The van der Waals surface area contributed by atoms with Gasteiger partial charge in [-0.15, -0.1) is 0 Å². The van der Waals surface area contributed by atoms with Crippen molar-refractivity contribution in [3.05, 3.63) is 104 Å². The molecular formula is C33H42BrCuI3N4Na. The van der Waals surface area contributed by atoms with E-state index in [9.17, 15) is 0 Å². The van der Waals surface area contributed by atoms with Crippen LogP contribution in [-0.2, 0) is 12.8 Å². The molecule has 43 heavy (non-hydrogen) atoms. The number of nitrogens with one attached hydrogen (secondary N) is 2. The first-order valence-corrected chi connectivity index (χ1v) is 18.1. The molecule has 0 spiro atoms. The molecule has 0 amide bonds. The average Bonchev–Trinajstić information content (AvgIpc) is 3.02. The van der Waals surface area contributed by atoms with Crippen LogP contribution in [0, 0.1) is 17.4 Å². The molecule has 2 aromatic heterocycles. The van der Waals surface area contributed by atoms with E-state index in [0.29, 0.717) is 12.1 Å². The second-order valence-corrected chi connectivity index (χ2v) is 11.5. The van der Waals surface area contributed by atoms with Crippen LogP contribution in [0.5, 0.6) is 0 Å². The third-order valence-corrected chi connectivity index (χ3v) is 8.70. The smallest absolute Gasteiger partial charge is 1.00 e. The van der Waals surface area contributed by atoms with Crippen LogP contribution >= 0.6 is 58.9 Å². The van der Waals surface area contributed by atoms with Crippen LogP contribution in [-0.4, -0.2) is 36.1 Å². The minimum absolute atomic E-state index is 0. The Morgan fingerprint density at radius 1 is 0.744 bits per heavy atom. The minimum atomic E-state index is 0. The van der Waals surface area contributed by atoms with Crippen LogP contribution in [0.1, 0.15) is 44.2 Å². The first kappa shape index (κ1) is 46.0. The van der Waals surface area contributed by atoms with E-state index in [4.69, 9.17) is 0 Å². The topological polar surface area (TPSA) is 49.8 Å². The van der Waals surface area contributed by atoms with Crippen LogP contribution in [0.15, 0.2) is 89.7 Å². The first-order chi connectivity index (χ1) is 19.4. The zero-order chi connectivity index (χ0) is 29.3. The Kier molecular flexibility index (Phi) is 28.7. The van der Waals surface area contributed by atoms with E-state index in [1.807, 2.05) is 48.8 Å². The number of aryl methyl sites for hydroxylation is 2. The van der Waals surface area contributed by atoms with E-state index in [1.165, 1.54) is 45.9 Å². The van der Waals surface area contributed by atoms with Gasteiger partial charge in [0.15, 0.2) is 0 Å². The Balaban J connectivity index is 0. The van der Waals surface area contributed by atoms with Crippen LogP contribution in [0.4, 0.5) is 0 Å². The van der Waals surface area contributed by atoms with Crippen molar-refractivity contribution in [2.45, 2.75) is 59.0 Å². The number of hydrogen-bond donors (Lipinski definition) is 2. The Morgan fingerprint density at radius 3 is 1.51 bits per heavy atom. The molecule has 5 rings (SSSR count). The number of aromatic nitrogens is 2.